The maximum Gasteiger partial charge on any atom is 0.325 e. The average molecular weight is 400 g/mol. The van der Waals surface area contributed by atoms with Gasteiger partial charge >= 0.3 is 6.03 Å². The molecule has 0 saturated carbocycles. The Balaban J connectivity index is 1.80. The smallest absolute Gasteiger partial charge is 0.323 e. The monoisotopic (exact) mass is 399 g/mol. The first-order valence-corrected chi connectivity index (χ1v) is 9.51. The summed E-state index contributed by atoms with van der Waals surface area (Å²) in [5.74, 6) is -0.912. The molecule has 7 heteroatoms. The van der Waals surface area contributed by atoms with Crippen LogP contribution in [-0.2, 0) is 15.1 Å². The van der Waals surface area contributed by atoms with E-state index in [1.165, 1.54) is 0 Å². The van der Waals surface area contributed by atoms with Gasteiger partial charge in [-0.15, -0.1) is 0 Å². The van der Waals surface area contributed by atoms with Crippen LogP contribution in [0.1, 0.15) is 30.9 Å². The molecule has 0 aliphatic carbocycles. The second kappa shape index (κ2) is 8.02. The van der Waals surface area contributed by atoms with E-state index in [4.69, 9.17) is 11.6 Å². The van der Waals surface area contributed by atoms with Crippen molar-refractivity contribution < 1.29 is 14.4 Å². The zero-order valence-corrected chi connectivity index (χ0v) is 16.5. The maximum atomic E-state index is 13.2. The molecule has 1 saturated heterocycles. The molecule has 0 unspecified atom stereocenters. The first kappa shape index (κ1) is 19.9. The van der Waals surface area contributed by atoms with E-state index in [-0.39, 0.29) is 6.54 Å². The third-order valence-corrected chi connectivity index (χ3v) is 5.08. The lowest BCUT2D eigenvalue weighted by molar-refractivity contribution is -0.134. The number of nitrogens with one attached hydrogen (secondary N) is 2. The van der Waals surface area contributed by atoms with Crippen LogP contribution in [0.25, 0.3) is 0 Å². The van der Waals surface area contributed by atoms with Gasteiger partial charge < -0.3 is 10.6 Å². The van der Waals surface area contributed by atoms with E-state index in [9.17, 15) is 14.4 Å². The summed E-state index contributed by atoms with van der Waals surface area (Å²) in [4.78, 5) is 39.1. The number of imide groups is 1. The molecular formula is C21H22ClN3O3. The molecule has 2 aromatic carbocycles. The second-order valence-electron chi connectivity index (χ2n) is 6.87. The lowest BCUT2D eigenvalue weighted by Crippen LogP contribution is -2.44. The highest BCUT2D eigenvalue weighted by Crippen LogP contribution is 2.33. The Hall–Kier alpha value is -2.86. The highest BCUT2D eigenvalue weighted by molar-refractivity contribution is 6.33. The molecule has 1 aliphatic rings. The Labute approximate surface area is 168 Å². The minimum absolute atomic E-state index is 0.382. The number of halogens is 1. The van der Waals surface area contributed by atoms with Crippen molar-refractivity contribution in [3.05, 3.63) is 64.7 Å². The molecule has 0 bridgehead atoms. The Kier molecular flexibility index (Phi) is 5.70. The lowest BCUT2D eigenvalue weighted by Gasteiger charge is -2.26. The van der Waals surface area contributed by atoms with Gasteiger partial charge in [0.1, 0.15) is 12.1 Å². The van der Waals surface area contributed by atoms with E-state index in [1.54, 1.807) is 12.1 Å². The molecule has 0 radical (unpaired) electrons. The number of nitrogens with zero attached hydrogens (tertiary/aromatic N) is 1. The van der Waals surface area contributed by atoms with E-state index in [0.29, 0.717) is 29.1 Å². The Morgan fingerprint density at radius 3 is 2.54 bits per heavy atom. The van der Waals surface area contributed by atoms with E-state index < -0.39 is 23.4 Å². The van der Waals surface area contributed by atoms with Crippen LogP contribution in [0.2, 0.25) is 5.02 Å². The Bertz CT molecular complexity index is 916. The van der Waals surface area contributed by atoms with Crippen molar-refractivity contribution in [2.45, 2.75) is 32.2 Å². The quantitative estimate of drug-likeness (QED) is 0.724. The number of benzene rings is 2. The van der Waals surface area contributed by atoms with E-state index in [1.807, 2.05) is 50.2 Å². The molecule has 1 fully saturated rings. The predicted octanol–water partition coefficient (Wildman–Crippen LogP) is 3.83. The summed E-state index contributed by atoms with van der Waals surface area (Å²) in [6, 6.07) is 13.8. The summed E-state index contributed by atoms with van der Waals surface area (Å²) in [6.45, 7) is 3.45. The number of carbonyl (C=O) groups is 3. The predicted molar refractivity (Wildman–Crippen MR) is 108 cm³/mol. The highest BCUT2D eigenvalue weighted by atomic mass is 35.5. The van der Waals surface area contributed by atoms with Gasteiger partial charge in [-0.3, -0.25) is 14.5 Å². The van der Waals surface area contributed by atoms with Crippen molar-refractivity contribution in [3.8, 4) is 0 Å². The fraction of sp³-hybridized carbons (Fsp3) is 0.286. The molecule has 6 nitrogen and oxygen atoms in total. The largest absolute Gasteiger partial charge is 0.325 e. The zero-order valence-electron chi connectivity index (χ0n) is 15.8. The van der Waals surface area contributed by atoms with Crippen molar-refractivity contribution in [1.29, 1.82) is 0 Å². The van der Waals surface area contributed by atoms with Crippen LogP contribution in [0, 0.1) is 6.92 Å². The highest BCUT2D eigenvalue weighted by Gasteiger charge is 2.52. The Morgan fingerprint density at radius 2 is 1.89 bits per heavy atom. The van der Waals surface area contributed by atoms with E-state index in [0.717, 1.165) is 10.5 Å². The molecule has 1 aliphatic heterocycles. The number of amides is 4. The lowest BCUT2D eigenvalue weighted by atomic mass is 9.85. The number of rotatable bonds is 6. The second-order valence-corrected chi connectivity index (χ2v) is 7.28. The number of carbonyl (C=O) groups excluding carboxylic acids is 3. The van der Waals surface area contributed by atoms with Gasteiger partial charge in [0.2, 0.25) is 5.91 Å². The first-order valence-electron chi connectivity index (χ1n) is 9.13. The fourth-order valence-corrected chi connectivity index (χ4v) is 3.71. The van der Waals surface area contributed by atoms with Gasteiger partial charge in [-0.25, -0.2) is 4.79 Å². The summed E-state index contributed by atoms with van der Waals surface area (Å²) < 4.78 is 0. The minimum atomic E-state index is -1.14. The van der Waals surface area contributed by atoms with Crippen molar-refractivity contribution in [1.82, 2.24) is 10.2 Å². The van der Waals surface area contributed by atoms with Gasteiger partial charge in [0.15, 0.2) is 0 Å². The maximum absolute atomic E-state index is 13.2. The van der Waals surface area contributed by atoms with Crippen LogP contribution in [0.5, 0.6) is 0 Å². The van der Waals surface area contributed by atoms with Crippen LogP contribution >= 0.6 is 11.6 Å². The SMILES string of the molecule is CCC[C@]1(c2ccccc2)NC(=O)N(CC(=O)Nc2ccc(C)cc2Cl)C1=O. The normalized spacial score (nSPS) is 18.9. The molecule has 1 atom stereocenters. The summed E-state index contributed by atoms with van der Waals surface area (Å²) >= 11 is 6.14. The molecule has 0 spiro atoms. The van der Waals surface area contributed by atoms with Crippen LogP contribution in [0.4, 0.5) is 10.5 Å². The van der Waals surface area contributed by atoms with Crippen molar-refractivity contribution in [3.63, 3.8) is 0 Å². The summed E-state index contributed by atoms with van der Waals surface area (Å²) in [5, 5.41) is 5.86. The number of urea groups is 1. The molecule has 4 amide bonds. The average Bonchev–Trinajstić information content (AvgIpc) is 2.90. The molecule has 0 aromatic heterocycles. The minimum Gasteiger partial charge on any atom is -0.323 e. The van der Waals surface area contributed by atoms with Crippen LogP contribution < -0.4 is 10.6 Å². The standard InChI is InChI=1S/C21H22ClN3O3/c1-3-11-21(15-7-5-4-6-8-15)19(27)25(20(28)24-21)13-18(26)23-17-10-9-14(2)12-16(17)22/h4-10,12H,3,11,13H2,1-2H3,(H,23,26)(H,24,28)/t21-/m1/s1. The third kappa shape index (κ3) is 3.73. The summed E-state index contributed by atoms with van der Waals surface area (Å²) in [7, 11) is 0. The molecular weight excluding hydrogens is 378 g/mol. The van der Waals surface area contributed by atoms with Crippen molar-refractivity contribution in [2.75, 3.05) is 11.9 Å². The Morgan fingerprint density at radius 1 is 1.18 bits per heavy atom. The van der Waals surface area contributed by atoms with Gasteiger partial charge in [-0.1, -0.05) is 61.3 Å². The van der Waals surface area contributed by atoms with Crippen molar-refractivity contribution in [2.24, 2.45) is 0 Å². The van der Waals surface area contributed by atoms with Crippen LogP contribution in [-0.4, -0.2) is 29.3 Å². The number of hydrogen-bond donors (Lipinski definition) is 2. The molecule has 2 N–H and O–H groups in total. The van der Waals surface area contributed by atoms with Gasteiger partial charge in [0.25, 0.3) is 5.91 Å². The molecule has 28 heavy (non-hydrogen) atoms. The number of anilines is 1. The molecule has 1 heterocycles. The van der Waals surface area contributed by atoms with Crippen LogP contribution in [0.3, 0.4) is 0 Å². The number of hydrogen-bond acceptors (Lipinski definition) is 3. The van der Waals surface area contributed by atoms with Gasteiger partial charge in [-0.05, 0) is 36.6 Å². The van der Waals surface area contributed by atoms with Crippen LogP contribution in [0.15, 0.2) is 48.5 Å². The first-order chi connectivity index (χ1) is 13.4. The van der Waals surface area contributed by atoms with Gasteiger partial charge in [0.05, 0.1) is 10.7 Å². The fourth-order valence-electron chi connectivity index (χ4n) is 3.43. The molecule has 146 valence electrons. The summed E-state index contributed by atoms with van der Waals surface area (Å²) in [5.41, 5.74) is 0.964. The van der Waals surface area contributed by atoms with Crippen molar-refractivity contribution >= 4 is 35.1 Å². The topological polar surface area (TPSA) is 78.5 Å². The molecule has 3 rings (SSSR count). The number of aryl methyl sites for hydroxylation is 1. The summed E-state index contributed by atoms with van der Waals surface area (Å²) in [6.07, 6.45) is 1.14. The third-order valence-electron chi connectivity index (χ3n) is 4.77. The van der Waals surface area contributed by atoms with Gasteiger partial charge in [-0.2, -0.15) is 0 Å². The molecule has 2 aromatic rings. The zero-order chi connectivity index (χ0) is 20.3. The van der Waals surface area contributed by atoms with Gasteiger partial charge in [0, 0.05) is 0 Å². The van der Waals surface area contributed by atoms with E-state index in [2.05, 4.69) is 10.6 Å². The van der Waals surface area contributed by atoms with E-state index >= 15 is 0 Å².